The first kappa shape index (κ1) is 12.7. The fraction of sp³-hybridized carbons (Fsp3) is 0.333. The Labute approximate surface area is 117 Å². The molecule has 1 unspecified atom stereocenters. The van der Waals surface area contributed by atoms with E-state index in [1.165, 1.54) is 0 Å². The lowest BCUT2D eigenvalue weighted by Crippen LogP contribution is -2.17. The standard InChI is InChI=1S/C15H17N3O2/c1-9-6-12-14(13(19)7-9)15(18-17-12)16-10-4-3-5-11(8-10)20-2/h3-5,8-9H,6-7H2,1-2H3,(H2,16,17,18). The molecule has 5 heteroatoms. The van der Waals surface area contributed by atoms with E-state index in [0.717, 1.165) is 23.6 Å². The third-order valence-corrected chi connectivity index (χ3v) is 3.54. The van der Waals surface area contributed by atoms with Crippen LogP contribution in [0.2, 0.25) is 0 Å². The molecule has 0 amide bonds. The number of methoxy groups -OCH3 is 1. The third kappa shape index (κ3) is 2.27. The molecular formula is C15H17N3O2. The number of fused-ring (bicyclic) bond motifs is 1. The van der Waals surface area contributed by atoms with Gasteiger partial charge in [0.15, 0.2) is 11.6 Å². The number of anilines is 2. The zero-order chi connectivity index (χ0) is 14.1. The van der Waals surface area contributed by atoms with Crippen LogP contribution >= 0.6 is 0 Å². The van der Waals surface area contributed by atoms with E-state index in [9.17, 15) is 4.79 Å². The van der Waals surface area contributed by atoms with Crippen LogP contribution in [0.1, 0.15) is 29.4 Å². The van der Waals surface area contributed by atoms with Gasteiger partial charge in [0.25, 0.3) is 0 Å². The van der Waals surface area contributed by atoms with Gasteiger partial charge in [-0.2, -0.15) is 5.10 Å². The molecule has 1 heterocycles. The summed E-state index contributed by atoms with van der Waals surface area (Å²) < 4.78 is 5.19. The molecule has 0 bridgehead atoms. The summed E-state index contributed by atoms with van der Waals surface area (Å²) in [5.41, 5.74) is 2.48. The van der Waals surface area contributed by atoms with Crippen molar-refractivity contribution in [3.63, 3.8) is 0 Å². The Morgan fingerprint density at radius 2 is 2.25 bits per heavy atom. The summed E-state index contributed by atoms with van der Waals surface area (Å²) in [6.07, 6.45) is 1.45. The first-order valence-electron chi connectivity index (χ1n) is 6.69. The van der Waals surface area contributed by atoms with Crippen molar-refractivity contribution in [3.05, 3.63) is 35.5 Å². The molecule has 1 aliphatic rings. The number of H-pyrrole nitrogens is 1. The molecule has 1 aromatic carbocycles. The van der Waals surface area contributed by atoms with Crippen molar-refractivity contribution in [2.45, 2.75) is 19.8 Å². The van der Waals surface area contributed by atoms with Gasteiger partial charge in [0.2, 0.25) is 0 Å². The number of nitrogens with zero attached hydrogens (tertiary/aromatic N) is 1. The van der Waals surface area contributed by atoms with Crippen molar-refractivity contribution in [3.8, 4) is 5.75 Å². The maximum Gasteiger partial charge on any atom is 0.168 e. The van der Waals surface area contributed by atoms with E-state index >= 15 is 0 Å². The second-order valence-electron chi connectivity index (χ2n) is 5.22. The van der Waals surface area contributed by atoms with Gasteiger partial charge in [-0.05, 0) is 24.5 Å². The molecule has 0 fully saturated rings. The molecule has 104 valence electrons. The van der Waals surface area contributed by atoms with E-state index in [1.807, 2.05) is 24.3 Å². The van der Waals surface area contributed by atoms with Crippen LogP contribution in [0.4, 0.5) is 11.5 Å². The molecule has 5 nitrogen and oxygen atoms in total. The van der Waals surface area contributed by atoms with E-state index in [0.29, 0.717) is 23.7 Å². The predicted octanol–water partition coefficient (Wildman–Crippen LogP) is 2.93. The molecule has 0 aliphatic heterocycles. The number of hydrogen-bond donors (Lipinski definition) is 2. The first-order chi connectivity index (χ1) is 9.67. The highest BCUT2D eigenvalue weighted by atomic mass is 16.5. The van der Waals surface area contributed by atoms with Crippen LogP contribution in [0.15, 0.2) is 24.3 Å². The maximum atomic E-state index is 12.2. The Bertz CT molecular complexity index is 648. The van der Waals surface area contributed by atoms with E-state index in [-0.39, 0.29) is 5.78 Å². The molecule has 2 aromatic rings. The minimum absolute atomic E-state index is 0.151. The van der Waals surface area contributed by atoms with E-state index in [1.54, 1.807) is 7.11 Å². The lowest BCUT2D eigenvalue weighted by molar-refractivity contribution is 0.0954. The van der Waals surface area contributed by atoms with E-state index in [4.69, 9.17) is 4.74 Å². The van der Waals surface area contributed by atoms with Gasteiger partial charge in [-0.25, -0.2) is 0 Å². The smallest absolute Gasteiger partial charge is 0.168 e. The van der Waals surface area contributed by atoms with Gasteiger partial charge in [-0.3, -0.25) is 9.89 Å². The van der Waals surface area contributed by atoms with Crippen LogP contribution < -0.4 is 10.1 Å². The van der Waals surface area contributed by atoms with Crippen LogP contribution in [0.5, 0.6) is 5.75 Å². The lowest BCUT2D eigenvalue weighted by atomic mass is 9.88. The Morgan fingerprint density at radius 3 is 3.05 bits per heavy atom. The number of ether oxygens (including phenoxy) is 1. The molecule has 1 atom stereocenters. The van der Waals surface area contributed by atoms with Crippen LogP contribution in [0.25, 0.3) is 0 Å². The second kappa shape index (κ2) is 5.00. The number of carbonyl (C=O) groups excluding carboxylic acids is 1. The fourth-order valence-electron chi connectivity index (χ4n) is 2.59. The summed E-state index contributed by atoms with van der Waals surface area (Å²) in [6.45, 7) is 2.08. The van der Waals surface area contributed by atoms with Crippen molar-refractivity contribution >= 4 is 17.3 Å². The fourth-order valence-corrected chi connectivity index (χ4v) is 2.59. The van der Waals surface area contributed by atoms with Gasteiger partial charge in [0.1, 0.15) is 5.75 Å². The maximum absolute atomic E-state index is 12.2. The predicted molar refractivity (Wildman–Crippen MR) is 76.7 cm³/mol. The van der Waals surface area contributed by atoms with Gasteiger partial charge >= 0.3 is 0 Å². The van der Waals surface area contributed by atoms with Crippen molar-refractivity contribution < 1.29 is 9.53 Å². The van der Waals surface area contributed by atoms with Gasteiger partial charge < -0.3 is 10.1 Å². The Hall–Kier alpha value is -2.30. The topological polar surface area (TPSA) is 67.0 Å². The molecule has 0 saturated carbocycles. The van der Waals surface area contributed by atoms with Gasteiger partial charge in [-0.1, -0.05) is 13.0 Å². The largest absolute Gasteiger partial charge is 0.497 e. The Balaban J connectivity index is 1.90. The normalized spacial score (nSPS) is 17.7. The summed E-state index contributed by atoms with van der Waals surface area (Å²) in [5.74, 6) is 1.89. The van der Waals surface area contributed by atoms with E-state index < -0.39 is 0 Å². The van der Waals surface area contributed by atoms with Gasteiger partial charge in [0, 0.05) is 23.9 Å². The highest BCUT2D eigenvalue weighted by molar-refractivity contribution is 6.03. The Kier molecular flexibility index (Phi) is 3.18. The molecular weight excluding hydrogens is 254 g/mol. The number of ketones is 1. The average molecular weight is 271 g/mol. The number of nitrogens with one attached hydrogen (secondary N) is 2. The molecule has 2 N–H and O–H groups in total. The molecule has 0 spiro atoms. The summed E-state index contributed by atoms with van der Waals surface area (Å²) in [4.78, 5) is 12.2. The highest BCUT2D eigenvalue weighted by Crippen LogP contribution is 2.30. The summed E-state index contributed by atoms with van der Waals surface area (Å²) >= 11 is 0. The summed E-state index contributed by atoms with van der Waals surface area (Å²) in [5, 5.41) is 10.4. The van der Waals surface area contributed by atoms with Crippen LogP contribution in [-0.2, 0) is 6.42 Å². The van der Waals surface area contributed by atoms with Crippen molar-refractivity contribution in [2.24, 2.45) is 5.92 Å². The summed E-state index contributed by atoms with van der Waals surface area (Å²) in [7, 11) is 1.63. The van der Waals surface area contributed by atoms with Gasteiger partial charge in [-0.15, -0.1) is 0 Å². The number of carbonyl (C=O) groups is 1. The van der Waals surface area contributed by atoms with Crippen LogP contribution in [0.3, 0.4) is 0 Å². The first-order valence-corrected chi connectivity index (χ1v) is 6.69. The minimum atomic E-state index is 0.151. The number of aromatic nitrogens is 2. The zero-order valence-corrected chi connectivity index (χ0v) is 11.6. The number of aromatic amines is 1. The molecule has 1 aromatic heterocycles. The number of benzene rings is 1. The van der Waals surface area contributed by atoms with Crippen LogP contribution in [-0.4, -0.2) is 23.1 Å². The number of hydrogen-bond acceptors (Lipinski definition) is 4. The third-order valence-electron chi connectivity index (χ3n) is 3.54. The van der Waals surface area contributed by atoms with Crippen LogP contribution in [0, 0.1) is 5.92 Å². The number of Topliss-reactive ketones (excluding diaryl/α,β-unsaturated/α-hetero) is 1. The second-order valence-corrected chi connectivity index (χ2v) is 5.22. The summed E-state index contributed by atoms with van der Waals surface area (Å²) in [6, 6.07) is 7.55. The average Bonchev–Trinajstić information content (AvgIpc) is 2.82. The molecule has 0 radical (unpaired) electrons. The molecule has 20 heavy (non-hydrogen) atoms. The van der Waals surface area contributed by atoms with Crippen molar-refractivity contribution in [1.29, 1.82) is 0 Å². The molecule has 3 rings (SSSR count). The molecule has 0 saturated heterocycles. The Morgan fingerprint density at radius 1 is 1.40 bits per heavy atom. The monoisotopic (exact) mass is 271 g/mol. The highest BCUT2D eigenvalue weighted by Gasteiger charge is 2.27. The lowest BCUT2D eigenvalue weighted by Gasteiger charge is -2.17. The van der Waals surface area contributed by atoms with E-state index in [2.05, 4.69) is 22.4 Å². The SMILES string of the molecule is COc1cccc(Nc2n[nH]c3c2C(=O)CC(C)C3)c1. The van der Waals surface area contributed by atoms with Crippen molar-refractivity contribution in [2.75, 3.05) is 12.4 Å². The van der Waals surface area contributed by atoms with Crippen molar-refractivity contribution in [1.82, 2.24) is 10.2 Å². The zero-order valence-electron chi connectivity index (χ0n) is 11.6. The number of rotatable bonds is 3. The quantitative estimate of drug-likeness (QED) is 0.900. The minimum Gasteiger partial charge on any atom is -0.497 e. The van der Waals surface area contributed by atoms with Gasteiger partial charge in [0.05, 0.1) is 12.7 Å². The molecule has 1 aliphatic carbocycles.